The minimum absolute atomic E-state index is 0.0000119. The maximum atomic E-state index is 13.7. The summed E-state index contributed by atoms with van der Waals surface area (Å²) < 4.78 is 3.60. The van der Waals surface area contributed by atoms with Crippen LogP contribution in [-0.2, 0) is 6.54 Å². The first-order chi connectivity index (χ1) is 17.8. The van der Waals surface area contributed by atoms with Crippen LogP contribution in [0.25, 0.3) is 16.3 Å². The second-order valence-corrected chi connectivity index (χ2v) is 9.51. The molecule has 9 nitrogen and oxygen atoms in total. The van der Waals surface area contributed by atoms with Gasteiger partial charge >= 0.3 is 0 Å². The SMILES string of the molecule is O=C(c1cn(Cc2ccccc2)nc1-c1cccs1)N1CCN(c2nnnn2-c2ccccc2)CC1. The lowest BCUT2D eigenvalue weighted by Crippen LogP contribution is -2.49. The zero-order valence-corrected chi connectivity index (χ0v) is 20.3. The Kier molecular flexibility index (Phi) is 6.00. The molecule has 1 aliphatic heterocycles. The summed E-state index contributed by atoms with van der Waals surface area (Å²) >= 11 is 1.59. The second kappa shape index (κ2) is 9.74. The summed E-state index contributed by atoms with van der Waals surface area (Å²) in [5.74, 6) is 0.684. The predicted octanol–water partition coefficient (Wildman–Crippen LogP) is 3.60. The smallest absolute Gasteiger partial charge is 0.257 e. The van der Waals surface area contributed by atoms with Crippen molar-refractivity contribution in [2.45, 2.75) is 6.54 Å². The number of para-hydroxylation sites is 1. The number of carbonyl (C=O) groups is 1. The van der Waals surface area contributed by atoms with Crippen molar-refractivity contribution in [3.63, 3.8) is 0 Å². The van der Waals surface area contributed by atoms with Gasteiger partial charge in [-0.05, 0) is 39.6 Å². The Morgan fingerprint density at radius 3 is 2.36 bits per heavy atom. The lowest BCUT2D eigenvalue weighted by molar-refractivity contribution is 0.0747. The highest BCUT2D eigenvalue weighted by Crippen LogP contribution is 2.28. The van der Waals surface area contributed by atoms with Gasteiger partial charge in [-0.25, -0.2) is 0 Å². The molecule has 4 heterocycles. The van der Waals surface area contributed by atoms with Crippen molar-refractivity contribution in [1.82, 2.24) is 34.9 Å². The number of thiophene rings is 1. The average molecular weight is 497 g/mol. The Morgan fingerprint density at radius 1 is 0.889 bits per heavy atom. The van der Waals surface area contributed by atoms with E-state index in [9.17, 15) is 4.79 Å². The molecule has 0 saturated carbocycles. The van der Waals surface area contributed by atoms with E-state index in [1.54, 1.807) is 16.0 Å². The fraction of sp³-hybridized carbons (Fsp3) is 0.192. The lowest BCUT2D eigenvalue weighted by Gasteiger charge is -2.34. The first-order valence-corrected chi connectivity index (χ1v) is 12.7. The number of hydrogen-bond acceptors (Lipinski definition) is 7. The average Bonchev–Trinajstić information content (AvgIpc) is 3.71. The molecule has 10 heteroatoms. The molecule has 0 radical (unpaired) electrons. The highest BCUT2D eigenvalue weighted by molar-refractivity contribution is 7.13. The van der Waals surface area contributed by atoms with Crippen molar-refractivity contribution in [2.24, 2.45) is 0 Å². The molecule has 2 aromatic carbocycles. The number of anilines is 1. The number of nitrogens with zero attached hydrogens (tertiary/aromatic N) is 8. The Hall–Kier alpha value is -4.31. The van der Waals surface area contributed by atoms with Gasteiger partial charge in [0, 0.05) is 32.4 Å². The van der Waals surface area contributed by atoms with Crippen LogP contribution in [0.15, 0.2) is 84.4 Å². The molecular weight excluding hydrogens is 472 g/mol. The van der Waals surface area contributed by atoms with Crippen LogP contribution >= 0.6 is 11.3 Å². The van der Waals surface area contributed by atoms with Gasteiger partial charge in [0.25, 0.3) is 5.91 Å². The summed E-state index contributed by atoms with van der Waals surface area (Å²) in [5, 5.41) is 19.1. The van der Waals surface area contributed by atoms with Crippen molar-refractivity contribution in [1.29, 1.82) is 0 Å². The van der Waals surface area contributed by atoms with Crippen LogP contribution in [-0.4, -0.2) is 67.0 Å². The van der Waals surface area contributed by atoms with E-state index in [1.807, 2.05) is 81.8 Å². The van der Waals surface area contributed by atoms with E-state index in [2.05, 4.69) is 32.6 Å². The van der Waals surface area contributed by atoms with Crippen LogP contribution in [0.5, 0.6) is 0 Å². The first-order valence-electron chi connectivity index (χ1n) is 11.8. The molecule has 1 saturated heterocycles. The predicted molar refractivity (Wildman–Crippen MR) is 138 cm³/mol. The highest BCUT2D eigenvalue weighted by atomic mass is 32.1. The van der Waals surface area contributed by atoms with Crippen LogP contribution in [0.1, 0.15) is 15.9 Å². The van der Waals surface area contributed by atoms with Gasteiger partial charge in [-0.1, -0.05) is 59.7 Å². The van der Waals surface area contributed by atoms with E-state index in [0.29, 0.717) is 44.2 Å². The Morgan fingerprint density at radius 2 is 1.64 bits per heavy atom. The van der Waals surface area contributed by atoms with E-state index >= 15 is 0 Å². The van der Waals surface area contributed by atoms with Crippen molar-refractivity contribution in [3.8, 4) is 16.3 Å². The Balaban J connectivity index is 1.21. The van der Waals surface area contributed by atoms with Crippen LogP contribution in [0.3, 0.4) is 0 Å². The summed E-state index contributed by atoms with van der Waals surface area (Å²) in [6.07, 6.45) is 1.88. The quantitative estimate of drug-likeness (QED) is 0.357. The normalized spacial score (nSPS) is 13.8. The van der Waals surface area contributed by atoms with Crippen molar-refractivity contribution in [3.05, 3.63) is 95.5 Å². The first kappa shape index (κ1) is 22.2. The number of hydrogen-bond donors (Lipinski definition) is 0. The van der Waals surface area contributed by atoms with Crippen LogP contribution in [0.4, 0.5) is 5.95 Å². The largest absolute Gasteiger partial charge is 0.336 e. The number of tetrazole rings is 1. The Labute approximate surface area is 212 Å². The molecule has 0 spiro atoms. The molecule has 6 rings (SSSR count). The third kappa shape index (κ3) is 4.38. The number of piperazine rings is 1. The second-order valence-electron chi connectivity index (χ2n) is 8.56. The molecule has 3 aromatic heterocycles. The van der Waals surface area contributed by atoms with Gasteiger partial charge < -0.3 is 9.80 Å². The molecule has 36 heavy (non-hydrogen) atoms. The van der Waals surface area contributed by atoms with Gasteiger partial charge in [0.2, 0.25) is 5.95 Å². The zero-order valence-electron chi connectivity index (χ0n) is 19.5. The molecule has 0 N–H and O–H groups in total. The van der Waals surface area contributed by atoms with E-state index in [4.69, 9.17) is 5.10 Å². The zero-order chi connectivity index (χ0) is 24.3. The summed E-state index contributed by atoms with van der Waals surface area (Å²) in [6, 6.07) is 24.0. The number of benzene rings is 2. The van der Waals surface area contributed by atoms with Gasteiger partial charge in [-0.15, -0.1) is 11.3 Å². The maximum absolute atomic E-state index is 13.7. The molecule has 1 aliphatic rings. The summed E-state index contributed by atoms with van der Waals surface area (Å²) in [7, 11) is 0. The molecule has 0 bridgehead atoms. The van der Waals surface area contributed by atoms with Crippen molar-refractivity contribution in [2.75, 3.05) is 31.1 Å². The molecule has 180 valence electrons. The van der Waals surface area contributed by atoms with Gasteiger partial charge in [0.15, 0.2) is 0 Å². The Bertz CT molecular complexity index is 1440. The summed E-state index contributed by atoms with van der Waals surface area (Å²) in [4.78, 5) is 18.7. The topological polar surface area (TPSA) is 85.0 Å². The molecule has 0 unspecified atom stereocenters. The maximum Gasteiger partial charge on any atom is 0.257 e. The third-order valence-corrected chi connectivity index (χ3v) is 7.11. The lowest BCUT2D eigenvalue weighted by atomic mass is 10.1. The molecule has 0 aliphatic carbocycles. The van der Waals surface area contributed by atoms with Crippen molar-refractivity contribution >= 4 is 23.2 Å². The summed E-state index contributed by atoms with van der Waals surface area (Å²) in [5.41, 5.74) is 3.42. The highest BCUT2D eigenvalue weighted by Gasteiger charge is 2.28. The molecule has 0 atom stereocenters. The fourth-order valence-electron chi connectivity index (χ4n) is 4.42. The molecule has 5 aromatic rings. The van der Waals surface area contributed by atoms with Crippen LogP contribution in [0, 0.1) is 0 Å². The van der Waals surface area contributed by atoms with Crippen molar-refractivity contribution < 1.29 is 4.79 Å². The van der Waals surface area contributed by atoms with E-state index in [-0.39, 0.29) is 5.91 Å². The third-order valence-electron chi connectivity index (χ3n) is 6.24. The monoisotopic (exact) mass is 496 g/mol. The fourth-order valence-corrected chi connectivity index (χ4v) is 5.14. The number of rotatable bonds is 6. The van der Waals surface area contributed by atoms with Gasteiger partial charge in [0.1, 0.15) is 5.69 Å². The molecule has 1 amide bonds. The van der Waals surface area contributed by atoms with E-state index in [0.717, 1.165) is 21.8 Å². The van der Waals surface area contributed by atoms with Gasteiger partial charge in [0.05, 0.1) is 22.7 Å². The number of carbonyl (C=O) groups excluding carboxylic acids is 1. The number of aromatic nitrogens is 6. The standard InChI is InChI=1S/C26H24N8OS/c35-25(22-19-33(18-20-8-3-1-4-9-20)28-24(22)23-12-7-17-36-23)31-13-15-32(16-14-31)26-27-29-30-34(26)21-10-5-2-6-11-21/h1-12,17,19H,13-16,18H2. The summed E-state index contributed by atoms with van der Waals surface area (Å²) in [6.45, 7) is 3.06. The number of amides is 1. The molecular formula is C26H24N8OS. The van der Waals surface area contributed by atoms with E-state index < -0.39 is 0 Å². The van der Waals surface area contributed by atoms with Crippen LogP contribution < -0.4 is 4.90 Å². The molecule has 1 fully saturated rings. The van der Waals surface area contributed by atoms with Gasteiger partial charge in [-0.2, -0.15) is 9.78 Å². The minimum atomic E-state index is 0.0000119. The minimum Gasteiger partial charge on any atom is -0.336 e. The van der Waals surface area contributed by atoms with Gasteiger partial charge in [-0.3, -0.25) is 9.48 Å². The van der Waals surface area contributed by atoms with Crippen LogP contribution in [0.2, 0.25) is 0 Å². The van der Waals surface area contributed by atoms with E-state index in [1.165, 1.54) is 0 Å².